The number of carbonyl (C=O) groups is 3. The van der Waals surface area contributed by atoms with Gasteiger partial charge in [-0.05, 0) is 43.5 Å². The van der Waals surface area contributed by atoms with Gasteiger partial charge in [0.25, 0.3) is 17.7 Å². The predicted molar refractivity (Wildman–Crippen MR) is 101 cm³/mol. The van der Waals surface area contributed by atoms with Crippen LogP contribution in [-0.4, -0.2) is 45.5 Å². The first-order valence-electron chi connectivity index (χ1n) is 9.28. The van der Waals surface area contributed by atoms with Crippen LogP contribution in [0.3, 0.4) is 0 Å². The lowest BCUT2D eigenvalue weighted by atomic mass is 10.1. The van der Waals surface area contributed by atoms with Crippen molar-refractivity contribution in [3.05, 3.63) is 52.8 Å². The lowest BCUT2D eigenvalue weighted by Crippen LogP contribution is -2.30. The second-order valence-electron chi connectivity index (χ2n) is 6.77. The molecule has 0 atom stereocenters. The predicted octanol–water partition coefficient (Wildman–Crippen LogP) is 2.41. The molecule has 3 amide bonds. The molecule has 2 heterocycles. The number of rotatable bonds is 8. The van der Waals surface area contributed by atoms with Crippen LogP contribution in [0.5, 0.6) is 0 Å². The Kier molecular flexibility index (Phi) is 5.69. The number of fused-ring (bicyclic) bond motifs is 1. The number of nitrogens with one attached hydrogen (secondary N) is 1. The van der Waals surface area contributed by atoms with Gasteiger partial charge in [-0.15, -0.1) is 0 Å². The number of unbranched alkanes of at least 4 members (excludes halogenated alkanes) is 1. The van der Waals surface area contributed by atoms with Crippen molar-refractivity contribution in [3.8, 4) is 0 Å². The molecule has 0 saturated heterocycles. The number of benzene rings is 1. The number of hydrogen-bond donors (Lipinski definition) is 1. The van der Waals surface area contributed by atoms with E-state index < -0.39 is 0 Å². The molecule has 3 rings (SSSR count). The highest BCUT2D eigenvalue weighted by Gasteiger charge is 2.35. The Labute approximate surface area is 158 Å². The molecule has 142 valence electrons. The largest absolute Gasteiger partial charge is 0.352 e. The quantitative estimate of drug-likeness (QED) is 0.573. The van der Waals surface area contributed by atoms with Gasteiger partial charge >= 0.3 is 0 Å². The van der Waals surface area contributed by atoms with Gasteiger partial charge in [-0.1, -0.05) is 13.3 Å². The molecule has 1 aliphatic heterocycles. The van der Waals surface area contributed by atoms with E-state index in [1.54, 1.807) is 18.3 Å². The average Bonchev–Trinajstić information content (AvgIpc) is 3.18. The number of aromatic nitrogens is 2. The summed E-state index contributed by atoms with van der Waals surface area (Å²) in [4.78, 5) is 38.4. The van der Waals surface area contributed by atoms with Gasteiger partial charge in [0.1, 0.15) is 0 Å². The van der Waals surface area contributed by atoms with E-state index in [0.717, 1.165) is 31.4 Å². The Morgan fingerprint density at radius 1 is 1.11 bits per heavy atom. The van der Waals surface area contributed by atoms with Gasteiger partial charge in [0.15, 0.2) is 0 Å². The van der Waals surface area contributed by atoms with E-state index in [1.807, 2.05) is 24.7 Å². The molecule has 7 nitrogen and oxygen atoms in total. The van der Waals surface area contributed by atoms with Crippen molar-refractivity contribution >= 4 is 17.7 Å². The van der Waals surface area contributed by atoms with Crippen molar-refractivity contribution in [1.29, 1.82) is 0 Å². The molecule has 1 aliphatic rings. The summed E-state index contributed by atoms with van der Waals surface area (Å²) in [5.74, 6) is -0.834. The van der Waals surface area contributed by atoms with Gasteiger partial charge in [-0.3, -0.25) is 24.0 Å². The van der Waals surface area contributed by atoms with E-state index in [9.17, 15) is 14.4 Å². The Morgan fingerprint density at radius 3 is 2.59 bits per heavy atom. The average molecular weight is 368 g/mol. The number of nitrogens with zero attached hydrogens (tertiary/aromatic N) is 3. The number of amides is 3. The third kappa shape index (κ3) is 4.07. The third-order valence-corrected chi connectivity index (χ3v) is 4.58. The van der Waals surface area contributed by atoms with Crippen LogP contribution in [0.4, 0.5) is 0 Å². The summed E-state index contributed by atoms with van der Waals surface area (Å²) in [6.07, 6.45) is 6.17. The molecular weight excluding hydrogens is 344 g/mol. The topological polar surface area (TPSA) is 84.3 Å². The Hall–Kier alpha value is -2.96. The molecule has 27 heavy (non-hydrogen) atoms. The second kappa shape index (κ2) is 8.16. The number of carbonyl (C=O) groups excluding carboxylic acids is 3. The molecule has 0 fully saturated rings. The minimum Gasteiger partial charge on any atom is -0.352 e. The van der Waals surface area contributed by atoms with E-state index in [1.165, 1.54) is 11.0 Å². The molecule has 2 aromatic rings. The first-order valence-corrected chi connectivity index (χ1v) is 9.28. The first-order chi connectivity index (χ1) is 13.0. The van der Waals surface area contributed by atoms with Crippen LogP contribution >= 0.6 is 0 Å². The summed E-state index contributed by atoms with van der Waals surface area (Å²) in [7, 11) is 0. The minimum absolute atomic E-state index is 0.248. The molecular formula is C20H24N4O3. The van der Waals surface area contributed by atoms with Gasteiger partial charge in [-0.2, -0.15) is 5.10 Å². The van der Waals surface area contributed by atoms with Gasteiger partial charge in [0.2, 0.25) is 0 Å². The lowest BCUT2D eigenvalue weighted by Gasteiger charge is -2.12. The Balaban J connectivity index is 1.58. The van der Waals surface area contributed by atoms with Crippen LogP contribution in [0.2, 0.25) is 0 Å². The maximum absolute atomic E-state index is 12.5. The summed E-state index contributed by atoms with van der Waals surface area (Å²) in [5.41, 5.74) is 2.18. The number of aryl methyl sites for hydroxylation is 2. The van der Waals surface area contributed by atoms with Crippen LogP contribution in [0.25, 0.3) is 0 Å². The number of imide groups is 1. The fourth-order valence-electron chi connectivity index (χ4n) is 3.09. The summed E-state index contributed by atoms with van der Waals surface area (Å²) in [6, 6.07) is 4.69. The van der Waals surface area contributed by atoms with E-state index in [2.05, 4.69) is 10.4 Å². The van der Waals surface area contributed by atoms with E-state index in [-0.39, 0.29) is 17.7 Å². The number of hydrogen-bond acceptors (Lipinski definition) is 4. The highest BCUT2D eigenvalue weighted by atomic mass is 16.2. The van der Waals surface area contributed by atoms with Crippen LogP contribution in [0, 0.1) is 6.92 Å². The molecule has 0 aliphatic carbocycles. The van der Waals surface area contributed by atoms with Gasteiger partial charge in [-0.25, -0.2) is 0 Å². The monoisotopic (exact) mass is 368 g/mol. The van der Waals surface area contributed by atoms with Crippen LogP contribution in [0.1, 0.15) is 62.8 Å². The van der Waals surface area contributed by atoms with Gasteiger partial charge in [0, 0.05) is 31.4 Å². The summed E-state index contributed by atoms with van der Waals surface area (Å²) >= 11 is 0. The summed E-state index contributed by atoms with van der Waals surface area (Å²) in [6.45, 7) is 5.63. The second-order valence-corrected chi connectivity index (χ2v) is 6.77. The SMILES string of the molecule is CCCCN1C(=O)c2ccc(C(=O)NCCCn3cc(C)cn3)cc2C1=O. The van der Waals surface area contributed by atoms with Crippen molar-refractivity contribution in [2.24, 2.45) is 0 Å². The van der Waals surface area contributed by atoms with Crippen LogP contribution in [-0.2, 0) is 6.54 Å². The lowest BCUT2D eigenvalue weighted by molar-refractivity contribution is 0.0652. The minimum atomic E-state index is -0.313. The maximum atomic E-state index is 12.5. The molecule has 1 N–H and O–H groups in total. The zero-order chi connectivity index (χ0) is 19.4. The Morgan fingerprint density at radius 2 is 1.89 bits per heavy atom. The fraction of sp³-hybridized carbons (Fsp3) is 0.400. The van der Waals surface area contributed by atoms with Gasteiger partial charge in [0.05, 0.1) is 17.3 Å². The summed E-state index contributed by atoms with van der Waals surface area (Å²) < 4.78 is 1.84. The fourth-order valence-corrected chi connectivity index (χ4v) is 3.09. The highest BCUT2D eigenvalue weighted by molar-refractivity contribution is 6.22. The maximum Gasteiger partial charge on any atom is 0.261 e. The van der Waals surface area contributed by atoms with Crippen molar-refractivity contribution in [2.45, 2.75) is 39.7 Å². The molecule has 0 spiro atoms. The van der Waals surface area contributed by atoms with Crippen molar-refractivity contribution in [1.82, 2.24) is 20.0 Å². The summed E-state index contributed by atoms with van der Waals surface area (Å²) in [5, 5.41) is 7.05. The zero-order valence-corrected chi connectivity index (χ0v) is 15.7. The molecule has 0 unspecified atom stereocenters. The van der Waals surface area contributed by atoms with Crippen molar-refractivity contribution < 1.29 is 14.4 Å². The van der Waals surface area contributed by atoms with Gasteiger partial charge < -0.3 is 5.32 Å². The van der Waals surface area contributed by atoms with E-state index >= 15 is 0 Å². The molecule has 7 heteroatoms. The molecule has 0 bridgehead atoms. The van der Waals surface area contributed by atoms with Crippen molar-refractivity contribution in [3.63, 3.8) is 0 Å². The standard InChI is InChI=1S/C20H24N4O3/c1-3-4-10-24-19(26)16-7-6-15(11-17(16)20(24)27)18(25)21-8-5-9-23-13-14(2)12-22-23/h6-7,11-13H,3-5,8-10H2,1-2H3,(H,21,25). The van der Waals surface area contributed by atoms with Crippen LogP contribution in [0.15, 0.2) is 30.6 Å². The normalized spacial score (nSPS) is 13.2. The zero-order valence-electron chi connectivity index (χ0n) is 15.7. The first kappa shape index (κ1) is 18.8. The Bertz CT molecular complexity index is 872. The molecule has 0 saturated carbocycles. The van der Waals surface area contributed by atoms with Crippen molar-refractivity contribution in [2.75, 3.05) is 13.1 Å². The third-order valence-electron chi connectivity index (χ3n) is 4.58. The van der Waals surface area contributed by atoms with Crippen LogP contribution < -0.4 is 5.32 Å². The molecule has 1 aromatic carbocycles. The smallest absolute Gasteiger partial charge is 0.261 e. The molecule has 0 radical (unpaired) electrons. The highest BCUT2D eigenvalue weighted by Crippen LogP contribution is 2.24. The van der Waals surface area contributed by atoms with E-state index in [4.69, 9.17) is 0 Å². The van der Waals surface area contributed by atoms with E-state index in [0.29, 0.717) is 29.8 Å². The molecule has 1 aromatic heterocycles.